The van der Waals surface area contributed by atoms with Crippen molar-refractivity contribution in [2.75, 3.05) is 56.1 Å². The number of nitro benzene ring substituents is 1. The van der Waals surface area contributed by atoms with Crippen molar-refractivity contribution >= 4 is 44.1 Å². The van der Waals surface area contributed by atoms with Gasteiger partial charge in [-0.25, -0.2) is 13.4 Å². The first-order chi connectivity index (χ1) is 17.1. The summed E-state index contributed by atoms with van der Waals surface area (Å²) in [6.45, 7) is 4.84. The molecule has 190 valence electrons. The van der Waals surface area contributed by atoms with E-state index in [1.165, 1.54) is 18.2 Å². The largest absolute Gasteiger partial charge is 0.468 e. The lowest BCUT2D eigenvalue weighted by Gasteiger charge is -2.33. The van der Waals surface area contributed by atoms with E-state index >= 15 is 0 Å². The minimum atomic E-state index is -4.49. The highest BCUT2D eigenvalue weighted by molar-refractivity contribution is 7.93. The van der Waals surface area contributed by atoms with Crippen LogP contribution in [0.2, 0.25) is 0 Å². The van der Waals surface area contributed by atoms with E-state index in [4.69, 9.17) is 9.72 Å². The van der Waals surface area contributed by atoms with Gasteiger partial charge in [-0.3, -0.25) is 19.2 Å². The van der Waals surface area contributed by atoms with Gasteiger partial charge in [-0.2, -0.15) is 0 Å². The summed E-state index contributed by atoms with van der Waals surface area (Å²) in [7, 11) is -1.26. The predicted molar refractivity (Wildman–Crippen MR) is 136 cm³/mol. The number of rotatable bonds is 7. The lowest BCUT2D eigenvalue weighted by molar-refractivity contribution is -0.387. The van der Waals surface area contributed by atoms with Gasteiger partial charge in [0.15, 0.2) is 4.90 Å². The summed E-state index contributed by atoms with van der Waals surface area (Å²) in [5.41, 5.74) is 1.15. The molecule has 0 amide bonds. The number of esters is 1. The first-order valence-electron chi connectivity index (χ1n) is 11.3. The normalized spacial score (nSPS) is 14.6. The molecule has 0 spiro atoms. The Morgan fingerprint density at radius 1 is 1.14 bits per heavy atom. The van der Waals surface area contributed by atoms with E-state index in [9.17, 15) is 23.3 Å². The molecule has 0 radical (unpaired) electrons. The quantitative estimate of drug-likeness (QED) is 0.266. The fourth-order valence-electron chi connectivity index (χ4n) is 4.16. The number of anilines is 2. The SMILES string of the molecule is COC(=O)CN(c1ccc2nc(N3CCN(C)CC3)cc(C)c2c1)S(=O)(=O)c1ccccc1[N+](=O)[O-]. The molecule has 2 heterocycles. The Balaban J connectivity index is 1.79. The van der Waals surface area contributed by atoms with Crippen molar-refractivity contribution < 1.29 is 22.9 Å². The Morgan fingerprint density at radius 2 is 1.83 bits per heavy atom. The van der Waals surface area contributed by atoms with Crippen molar-refractivity contribution in [2.45, 2.75) is 11.8 Å². The highest BCUT2D eigenvalue weighted by Crippen LogP contribution is 2.33. The number of nitrogens with zero attached hydrogens (tertiary/aromatic N) is 5. The summed E-state index contributed by atoms with van der Waals surface area (Å²) in [6.07, 6.45) is 0. The topological polar surface area (TPSA) is 126 Å². The molecule has 3 aromatic rings. The van der Waals surface area contributed by atoms with E-state index in [-0.39, 0.29) is 5.69 Å². The first-order valence-corrected chi connectivity index (χ1v) is 12.7. The number of benzene rings is 2. The molecule has 12 heteroatoms. The highest BCUT2D eigenvalue weighted by Gasteiger charge is 2.33. The molecule has 1 aliphatic heterocycles. The number of hydrogen-bond donors (Lipinski definition) is 0. The van der Waals surface area contributed by atoms with E-state index in [0.29, 0.717) is 10.9 Å². The van der Waals surface area contributed by atoms with Crippen molar-refractivity contribution in [3.05, 3.63) is 64.2 Å². The van der Waals surface area contributed by atoms with Gasteiger partial charge in [0.05, 0.1) is 23.2 Å². The third-order valence-electron chi connectivity index (χ3n) is 6.23. The minimum Gasteiger partial charge on any atom is -0.468 e. The molecule has 1 aromatic heterocycles. The molecular weight excluding hydrogens is 486 g/mol. The van der Waals surface area contributed by atoms with Crippen molar-refractivity contribution in [3.8, 4) is 0 Å². The number of piperazine rings is 1. The summed E-state index contributed by atoms with van der Waals surface area (Å²) in [5, 5.41) is 12.2. The van der Waals surface area contributed by atoms with Crippen molar-refractivity contribution in [2.24, 2.45) is 0 Å². The van der Waals surface area contributed by atoms with Crippen LogP contribution in [0.1, 0.15) is 5.56 Å². The third-order valence-corrected chi connectivity index (χ3v) is 8.05. The number of carbonyl (C=O) groups excluding carboxylic acids is 1. The molecule has 0 bridgehead atoms. The molecule has 1 saturated heterocycles. The van der Waals surface area contributed by atoms with Gasteiger partial charge in [0.2, 0.25) is 0 Å². The number of aromatic nitrogens is 1. The van der Waals surface area contributed by atoms with Gasteiger partial charge in [0.1, 0.15) is 12.4 Å². The Bertz CT molecular complexity index is 1420. The monoisotopic (exact) mass is 513 g/mol. The molecular formula is C24H27N5O6S. The Labute approximate surface area is 209 Å². The maximum absolute atomic E-state index is 13.6. The first kappa shape index (κ1) is 25.3. The van der Waals surface area contributed by atoms with Gasteiger partial charge in [0.25, 0.3) is 15.7 Å². The molecule has 0 aliphatic carbocycles. The Hall–Kier alpha value is -3.77. The van der Waals surface area contributed by atoms with Crippen LogP contribution in [0.15, 0.2) is 53.4 Å². The number of para-hydroxylation sites is 1. The van der Waals surface area contributed by atoms with E-state index in [2.05, 4.69) is 16.8 Å². The second-order valence-electron chi connectivity index (χ2n) is 8.60. The number of methoxy groups -OCH3 is 1. The number of hydrogen-bond acceptors (Lipinski definition) is 9. The van der Waals surface area contributed by atoms with Crippen LogP contribution in [0.4, 0.5) is 17.2 Å². The lowest BCUT2D eigenvalue weighted by atomic mass is 10.1. The molecule has 36 heavy (non-hydrogen) atoms. The van der Waals surface area contributed by atoms with Crippen LogP contribution >= 0.6 is 0 Å². The third kappa shape index (κ3) is 4.95. The van der Waals surface area contributed by atoms with Gasteiger partial charge >= 0.3 is 5.97 Å². The summed E-state index contributed by atoms with van der Waals surface area (Å²) >= 11 is 0. The zero-order valence-electron chi connectivity index (χ0n) is 20.2. The number of pyridine rings is 1. The summed E-state index contributed by atoms with van der Waals surface area (Å²) in [6, 6.07) is 11.8. The maximum atomic E-state index is 13.6. The van der Waals surface area contributed by atoms with E-state index in [1.807, 2.05) is 13.0 Å². The summed E-state index contributed by atoms with van der Waals surface area (Å²) in [5.74, 6) is 0.0392. The fourth-order valence-corrected chi connectivity index (χ4v) is 5.72. The molecule has 0 atom stereocenters. The van der Waals surface area contributed by atoms with Crippen molar-refractivity contribution in [1.29, 1.82) is 0 Å². The lowest BCUT2D eigenvalue weighted by Crippen LogP contribution is -2.44. The van der Waals surface area contributed by atoms with Crippen LogP contribution in [-0.2, 0) is 19.6 Å². The average Bonchev–Trinajstić information content (AvgIpc) is 2.87. The van der Waals surface area contributed by atoms with Crippen LogP contribution < -0.4 is 9.21 Å². The van der Waals surface area contributed by atoms with Crippen molar-refractivity contribution in [3.63, 3.8) is 0 Å². The smallest absolute Gasteiger partial charge is 0.326 e. The molecule has 2 aromatic carbocycles. The van der Waals surface area contributed by atoms with E-state index in [1.54, 1.807) is 12.1 Å². The number of aryl methyl sites for hydroxylation is 1. The summed E-state index contributed by atoms with van der Waals surface area (Å²) < 4.78 is 32.8. The molecule has 0 saturated carbocycles. The predicted octanol–water partition coefficient (Wildman–Crippen LogP) is 2.57. The van der Waals surface area contributed by atoms with Crippen LogP contribution in [0, 0.1) is 17.0 Å². The van der Waals surface area contributed by atoms with Gasteiger partial charge in [-0.1, -0.05) is 12.1 Å². The van der Waals surface area contributed by atoms with Crippen molar-refractivity contribution in [1.82, 2.24) is 9.88 Å². The highest BCUT2D eigenvalue weighted by atomic mass is 32.2. The zero-order valence-corrected chi connectivity index (χ0v) is 21.1. The number of ether oxygens (including phenoxy) is 1. The summed E-state index contributed by atoms with van der Waals surface area (Å²) in [4.78, 5) is 31.7. The minimum absolute atomic E-state index is 0.170. The second-order valence-corrected chi connectivity index (χ2v) is 10.4. The number of likely N-dealkylation sites (N-methyl/N-ethyl adjacent to an activating group) is 1. The van der Waals surface area contributed by atoms with Gasteiger partial charge in [0, 0.05) is 37.6 Å². The zero-order chi connectivity index (χ0) is 26.0. The molecule has 0 unspecified atom stereocenters. The molecule has 1 fully saturated rings. The van der Waals surface area contributed by atoms with Crippen LogP contribution in [0.25, 0.3) is 10.9 Å². The van der Waals surface area contributed by atoms with Crippen LogP contribution in [0.5, 0.6) is 0 Å². The number of fused-ring (bicyclic) bond motifs is 1. The second kappa shape index (κ2) is 10.1. The maximum Gasteiger partial charge on any atom is 0.326 e. The van der Waals surface area contributed by atoms with E-state index in [0.717, 1.165) is 61.1 Å². The number of carbonyl (C=O) groups is 1. The fraction of sp³-hybridized carbons (Fsp3) is 0.333. The number of sulfonamides is 1. The molecule has 11 nitrogen and oxygen atoms in total. The van der Waals surface area contributed by atoms with Gasteiger partial charge < -0.3 is 14.5 Å². The molecule has 4 rings (SSSR count). The van der Waals surface area contributed by atoms with Crippen LogP contribution in [0.3, 0.4) is 0 Å². The molecule has 1 aliphatic rings. The van der Waals surface area contributed by atoms with Gasteiger partial charge in [-0.15, -0.1) is 0 Å². The standard InChI is InChI=1S/C24H27N5O6S/c1-17-14-23(27-12-10-26(2)11-13-27)25-20-9-8-18(15-19(17)20)28(16-24(30)35-3)36(33,34)22-7-5-4-6-21(22)29(31)32/h4-9,14-15H,10-13,16H2,1-3H3. The molecule has 0 N–H and O–H groups in total. The van der Waals surface area contributed by atoms with E-state index < -0.39 is 38.0 Å². The van der Waals surface area contributed by atoms with Crippen LogP contribution in [-0.4, -0.2) is 76.1 Å². The Kier molecular flexibility index (Phi) is 7.09. The average molecular weight is 514 g/mol. The number of nitro groups is 1. The Morgan fingerprint density at radius 3 is 2.50 bits per heavy atom. The van der Waals surface area contributed by atoms with Gasteiger partial charge in [-0.05, 0) is 49.9 Å².